The van der Waals surface area contributed by atoms with Crippen LogP contribution in [-0.4, -0.2) is 22.2 Å². The summed E-state index contributed by atoms with van der Waals surface area (Å²) >= 11 is 4.53. The summed E-state index contributed by atoms with van der Waals surface area (Å²) in [6.45, 7) is 0.119. The highest BCUT2D eigenvalue weighted by Gasteiger charge is 2.21. The lowest BCUT2D eigenvalue weighted by atomic mass is 10.2. The Kier molecular flexibility index (Phi) is 5.91. The molecule has 0 saturated heterocycles. The molecule has 1 atom stereocenters. The average molecular weight is 385 g/mol. The first-order valence-electron chi connectivity index (χ1n) is 6.35. The molecule has 1 heterocycles. The number of amides is 1. The molecular weight excluding hydrogens is 372 g/mol. The highest BCUT2D eigenvalue weighted by atomic mass is 79.9. The zero-order chi connectivity index (χ0) is 15.9. The lowest BCUT2D eigenvalue weighted by Crippen LogP contribution is -2.30. The number of benzene rings is 1. The van der Waals surface area contributed by atoms with Crippen LogP contribution in [0.4, 0.5) is 4.79 Å². The first kappa shape index (κ1) is 16.4. The number of rotatable bonds is 6. The molecule has 8 heteroatoms. The second-order valence-corrected chi connectivity index (χ2v) is 6.80. The standard InChI is InChI=1S/C14H13BrN2O4S/c15-11-7-16-13(22-11)10(6-12(18)19)17-14(20)21-8-9-4-2-1-3-5-9/h1-5,7,10H,6,8H2,(H,17,20)(H,18,19)/t10-/m1/s1. The van der Waals surface area contributed by atoms with Crippen molar-refractivity contribution in [2.45, 2.75) is 19.1 Å². The number of carboxylic acids is 1. The van der Waals surface area contributed by atoms with Crippen LogP contribution in [-0.2, 0) is 16.1 Å². The van der Waals surface area contributed by atoms with E-state index >= 15 is 0 Å². The minimum absolute atomic E-state index is 0.119. The van der Waals surface area contributed by atoms with E-state index in [1.54, 1.807) is 6.20 Å². The van der Waals surface area contributed by atoms with Crippen molar-refractivity contribution >= 4 is 39.3 Å². The molecular formula is C14H13BrN2O4S. The van der Waals surface area contributed by atoms with Gasteiger partial charge < -0.3 is 15.2 Å². The fourth-order valence-corrected chi connectivity index (χ4v) is 3.00. The molecule has 2 aromatic rings. The number of carbonyl (C=O) groups excluding carboxylic acids is 1. The third-order valence-corrected chi connectivity index (χ3v) is 4.27. The summed E-state index contributed by atoms with van der Waals surface area (Å²) in [7, 11) is 0. The largest absolute Gasteiger partial charge is 0.481 e. The molecule has 2 N–H and O–H groups in total. The number of alkyl carbamates (subject to hydrolysis) is 1. The number of carbonyl (C=O) groups is 2. The second-order valence-electron chi connectivity index (χ2n) is 4.36. The monoisotopic (exact) mass is 384 g/mol. The number of carboxylic acid groups (broad SMARTS) is 1. The number of nitrogens with one attached hydrogen (secondary N) is 1. The van der Waals surface area contributed by atoms with Crippen LogP contribution in [0.2, 0.25) is 0 Å². The number of thiazole rings is 1. The Hall–Kier alpha value is -1.93. The van der Waals surface area contributed by atoms with Crippen molar-refractivity contribution in [3.63, 3.8) is 0 Å². The Bertz CT molecular complexity index is 647. The molecule has 2 rings (SSSR count). The van der Waals surface area contributed by atoms with Gasteiger partial charge in [-0.15, -0.1) is 11.3 Å². The second kappa shape index (κ2) is 7.90. The molecule has 0 radical (unpaired) electrons. The van der Waals surface area contributed by atoms with Crippen LogP contribution in [0.1, 0.15) is 23.0 Å². The summed E-state index contributed by atoms with van der Waals surface area (Å²) in [5.41, 5.74) is 0.851. The fraction of sp³-hybridized carbons (Fsp3) is 0.214. The van der Waals surface area contributed by atoms with Crippen molar-refractivity contribution in [2.24, 2.45) is 0 Å². The fourth-order valence-electron chi connectivity index (χ4n) is 1.71. The molecule has 6 nitrogen and oxygen atoms in total. The maximum Gasteiger partial charge on any atom is 0.408 e. The minimum Gasteiger partial charge on any atom is -0.481 e. The van der Waals surface area contributed by atoms with Crippen molar-refractivity contribution in [2.75, 3.05) is 0 Å². The van der Waals surface area contributed by atoms with E-state index in [4.69, 9.17) is 9.84 Å². The van der Waals surface area contributed by atoms with Gasteiger partial charge in [-0.1, -0.05) is 30.3 Å². The van der Waals surface area contributed by atoms with Gasteiger partial charge in [-0.2, -0.15) is 0 Å². The Balaban J connectivity index is 1.94. The van der Waals surface area contributed by atoms with Gasteiger partial charge in [0, 0.05) is 0 Å². The van der Waals surface area contributed by atoms with E-state index in [1.807, 2.05) is 30.3 Å². The van der Waals surface area contributed by atoms with E-state index < -0.39 is 18.1 Å². The zero-order valence-corrected chi connectivity index (χ0v) is 13.8. The Morgan fingerprint density at radius 3 is 2.68 bits per heavy atom. The molecule has 0 aliphatic rings. The van der Waals surface area contributed by atoms with Gasteiger partial charge in [0.1, 0.15) is 11.6 Å². The Morgan fingerprint density at radius 2 is 2.09 bits per heavy atom. The summed E-state index contributed by atoms with van der Waals surface area (Å²) in [5, 5.41) is 12.0. The molecule has 0 fully saturated rings. The lowest BCUT2D eigenvalue weighted by molar-refractivity contribution is -0.137. The molecule has 1 aromatic carbocycles. The van der Waals surface area contributed by atoms with Crippen molar-refractivity contribution in [1.29, 1.82) is 0 Å². The Labute approximate surface area is 139 Å². The third-order valence-electron chi connectivity index (χ3n) is 2.68. The SMILES string of the molecule is O=C(O)C[C@@H](NC(=O)OCc1ccccc1)c1ncc(Br)s1. The summed E-state index contributed by atoms with van der Waals surface area (Å²) in [4.78, 5) is 26.8. The molecule has 0 aliphatic carbocycles. The number of ether oxygens (including phenoxy) is 1. The number of hydrogen-bond acceptors (Lipinski definition) is 5. The highest BCUT2D eigenvalue weighted by Crippen LogP contribution is 2.26. The minimum atomic E-state index is -1.03. The van der Waals surface area contributed by atoms with Crippen molar-refractivity contribution in [1.82, 2.24) is 10.3 Å². The first-order valence-corrected chi connectivity index (χ1v) is 7.96. The first-order chi connectivity index (χ1) is 10.5. The summed E-state index contributed by atoms with van der Waals surface area (Å²) in [6.07, 6.45) is 0.619. The van der Waals surface area contributed by atoms with E-state index in [9.17, 15) is 9.59 Å². The van der Waals surface area contributed by atoms with Crippen LogP contribution in [0.25, 0.3) is 0 Å². The predicted octanol–water partition coefficient (Wildman–Crippen LogP) is 3.35. The molecule has 0 spiro atoms. The molecule has 0 aliphatic heterocycles. The molecule has 22 heavy (non-hydrogen) atoms. The van der Waals surface area contributed by atoms with Gasteiger partial charge in [-0.3, -0.25) is 4.79 Å². The van der Waals surface area contributed by atoms with E-state index in [0.717, 1.165) is 9.35 Å². The van der Waals surface area contributed by atoms with E-state index in [1.165, 1.54) is 11.3 Å². The molecule has 0 unspecified atom stereocenters. The van der Waals surface area contributed by atoms with Gasteiger partial charge in [0.25, 0.3) is 0 Å². The zero-order valence-electron chi connectivity index (χ0n) is 11.4. The van der Waals surface area contributed by atoms with Crippen molar-refractivity contribution in [3.05, 3.63) is 50.9 Å². The smallest absolute Gasteiger partial charge is 0.408 e. The molecule has 0 saturated carbocycles. The van der Waals surface area contributed by atoms with E-state index in [0.29, 0.717) is 5.01 Å². The van der Waals surface area contributed by atoms with Crippen molar-refractivity contribution in [3.8, 4) is 0 Å². The maximum absolute atomic E-state index is 11.8. The number of aromatic nitrogens is 1. The van der Waals surface area contributed by atoms with Gasteiger partial charge in [0.15, 0.2) is 0 Å². The highest BCUT2D eigenvalue weighted by molar-refractivity contribution is 9.11. The number of aliphatic carboxylic acids is 1. The van der Waals surface area contributed by atoms with E-state index in [-0.39, 0.29) is 13.0 Å². The number of hydrogen-bond donors (Lipinski definition) is 2. The van der Waals surface area contributed by atoms with Gasteiger partial charge in [-0.25, -0.2) is 9.78 Å². The topological polar surface area (TPSA) is 88.5 Å². The quantitative estimate of drug-likeness (QED) is 0.796. The predicted molar refractivity (Wildman–Crippen MR) is 84.6 cm³/mol. The molecule has 1 amide bonds. The summed E-state index contributed by atoms with van der Waals surface area (Å²) < 4.78 is 5.85. The molecule has 0 bridgehead atoms. The summed E-state index contributed by atoms with van der Waals surface area (Å²) in [6, 6.07) is 8.50. The average Bonchev–Trinajstić information content (AvgIpc) is 2.92. The Morgan fingerprint density at radius 1 is 1.36 bits per heavy atom. The maximum atomic E-state index is 11.8. The van der Waals surface area contributed by atoms with Crippen LogP contribution >= 0.6 is 27.3 Å². The van der Waals surface area contributed by atoms with Gasteiger partial charge in [0.2, 0.25) is 0 Å². The third kappa shape index (κ3) is 5.12. The molecule has 116 valence electrons. The van der Waals surface area contributed by atoms with Crippen molar-refractivity contribution < 1.29 is 19.4 Å². The van der Waals surface area contributed by atoms with Crippen LogP contribution in [0, 0.1) is 0 Å². The molecule has 1 aromatic heterocycles. The van der Waals surface area contributed by atoms with Crippen LogP contribution in [0.5, 0.6) is 0 Å². The van der Waals surface area contributed by atoms with Gasteiger partial charge >= 0.3 is 12.1 Å². The summed E-state index contributed by atoms with van der Waals surface area (Å²) in [5.74, 6) is -1.03. The van der Waals surface area contributed by atoms with Crippen LogP contribution in [0.15, 0.2) is 40.3 Å². The van der Waals surface area contributed by atoms with Gasteiger partial charge in [0.05, 0.1) is 22.4 Å². The van der Waals surface area contributed by atoms with Crippen LogP contribution in [0.3, 0.4) is 0 Å². The number of halogens is 1. The lowest BCUT2D eigenvalue weighted by Gasteiger charge is -2.14. The van der Waals surface area contributed by atoms with Gasteiger partial charge in [-0.05, 0) is 21.5 Å². The normalized spacial score (nSPS) is 11.7. The van der Waals surface area contributed by atoms with E-state index in [2.05, 4.69) is 26.2 Å². The number of nitrogens with zero attached hydrogens (tertiary/aromatic N) is 1. The van der Waals surface area contributed by atoms with Crippen LogP contribution < -0.4 is 5.32 Å².